The van der Waals surface area contributed by atoms with E-state index in [1.54, 1.807) is 12.1 Å². The lowest BCUT2D eigenvalue weighted by molar-refractivity contribution is 0.164. The molecule has 1 aliphatic carbocycles. The Morgan fingerprint density at radius 1 is 1.13 bits per heavy atom. The van der Waals surface area contributed by atoms with Crippen molar-refractivity contribution in [2.45, 2.75) is 31.7 Å². The summed E-state index contributed by atoms with van der Waals surface area (Å²) in [5, 5.41) is 13.5. The quantitative estimate of drug-likeness (QED) is 0.935. The number of phenolic OH excluding ortho intramolecular Hbond substituents is 1. The van der Waals surface area contributed by atoms with Crippen molar-refractivity contribution in [2.24, 2.45) is 0 Å². The zero-order valence-corrected chi connectivity index (χ0v) is 13.4. The molecule has 6 heteroatoms. The van der Waals surface area contributed by atoms with Gasteiger partial charge in [-0.25, -0.2) is 0 Å². The summed E-state index contributed by atoms with van der Waals surface area (Å²) in [6, 6.07) is 7.57. The van der Waals surface area contributed by atoms with E-state index >= 15 is 0 Å². The molecule has 1 aromatic carbocycles. The number of rotatable bonds is 4. The zero-order chi connectivity index (χ0) is 15.8. The van der Waals surface area contributed by atoms with Gasteiger partial charge >= 0.3 is 0 Å². The Labute approximate surface area is 135 Å². The van der Waals surface area contributed by atoms with Gasteiger partial charge in [-0.15, -0.1) is 0 Å². The molecule has 0 amide bonds. The number of piperazine rings is 1. The first-order valence-electron chi connectivity index (χ1n) is 8.32. The molecule has 1 N–H and O–H groups in total. The summed E-state index contributed by atoms with van der Waals surface area (Å²) in [5.74, 6) is 2.47. The van der Waals surface area contributed by atoms with Crippen molar-refractivity contribution in [3.63, 3.8) is 0 Å². The van der Waals surface area contributed by atoms with Crippen LogP contribution in [0.3, 0.4) is 0 Å². The Morgan fingerprint density at radius 2 is 1.83 bits per heavy atom. The van der Waals surface area contributed by atoms with E-state index in [4.69, 9.17) is 4.52 Å². The molecule has 122 valence electrons. The van der Waals surface area contributed by atoms with Crippen molar-refractivity contribution in [1.82, 2.24) is 15.0 Å². The van der Waals surface area contributed by atoms with E-state index in [2.05, 4.69) is 26.9 Å². The van der Waals surface area contributed by atoms with Crippen LogP contribution in [0.25, 0.3) is 0 Å². The SMILES string of the molecule is C[C@@H](c1nc(C2CC2)no1)N1CCN(c2ccc(O)cc2)CC1. The number of aromatic hydroxyl groups is 1. The van der Waals surface area contributed by atoms with Crippen LogP contribution in [0.4, 0.5) is 5.69 Å². The Morgan fingerprint density at radius 3 is 2.48 bits per heavy atom. The number of nitrogens with zero attached hydrogens (tertiary/aromatic N) is 4. The molecule has 2 aromatic rings. The van der Waals surface area contributed by atoms with Gasteiger partial charge in [-0.3, -0.25) is 4.90 Å². The maximum atomic E-state index is 9.39. The number of aromatic nitrogens is 2. The largest absolute Gasteiger partial charge is 0.508 e. The van der Waals surface area contributed by atoms with Crippen LogP contribution >= 0.6 is 0 Å². The van der Waals surface area contributed by atoms with Crippen molar-refractivity contribution in [1.29, 1.82) is 0 Å². The first-order chi connectivity index (χ1) is 11.2. The highest BCUT2D eigenvalue weighted by Gasteiger charge is 2.31. The first-order valence-corrected chi connectivity index (χ1v) is 8.32. The summed E-state index contributed by atoms with van der Waals surface area (Å²) in [6.07, 6.45) is 2.39. The minimum atomic E-state index is 0.164. The highest BCUT2D eigenvalue weighted by molar-refractivity contribution is 5.49. The summed E-state index contributed by atoms with van der Waals surface area (Å²) >= 11 is 0. The van der Waals surface area contributed by atoms with Crippen LogP contribution in [0.5, 0.6) is 5.75 Å². The second-order valence-corrected chi connectivity index (χ2v) is 6.48. The third-order valence-corrected chi connectivity index (χ3v) is 4.83. The van der Waals surface area contributed by atoms with Gasteiger partial charge in [-0.05, 0) is 44.0 Å². The van der Waals surface area contributed by atoms with Gasteiger partial charge in [0.2, 0.25) is 5.89 Å². The molecule has 2 aliphatic rings. The van der Waals surface area contributed by atoms with Crippen LogP contribution in [0.2, 0.25) is 0 Å². The number of benzene rings is 1. The molecule has 0 unspecified atom stereocenters. The molecule has 23 heavy (non-hydrogen) atoms. The van der Waals surface area contributed by atoms with Crippen molar-refractivity contribution in [3.8, 4) is 5.75 Å². The normalized spacial score (nSPS) is 20.7. The second-order valence-electron chi connectivity index (χ2n) is 6.48. The number of anilines is 1. The lowest BCUT2D eigenvalue weighted by atomic mass is 10.2. The maximum absolute atomic E-state index is 9.39. The summed E-state index contributed by atoms with van der Waals surface area (Å²) < 4.78 is 5.46. The summed E-state index contributed by atoms with van der Waals surface area (Å²) in [4.78, 5) is 9.30. The smallest absolute Gasteiger partial charge is 0.243 e. The Bertz CT molecular complexity index is 657. The Hall–Kier alpha value is -2.08. The third kappa shape index (κ3) is 3.03. The highest BCUT2D eigenvalue weighted by atomic mass is 16.5. The Balaban J connectivity index is 1.37. The molecule has 2 fully saturated rings. The first kappa shape index (κ1) is 14.5. The van der Waals surface area contributed by atoms with Crippen LogP contribution in [-0.4, -0.2) is 46.3 Å². The lowest BCUT2D eigenvalue weighted by Crippen LogP contribution is -2.47. The van der Waals surface area contributed by atoms with E-state index in [0.717, 1.165) is 43.6 Å². The van der Waals surface area contributed by atoms with Crippen LogP contribution in [0.1, 0.15) is 43.4 Å². The van der Waals surface area contributed by atoms with Gasteiger partial charge in [0, 0.05) is 37.8 Å². The van der Waals surface area contributed by atoms with Gasteiger partial charge in [0.1, 0.15) is 5.75 Å². The average molecular weight is 314 g/mol. The Kier molecular flexibility index (Phi) is 3.69. The molecular formula is C17H22N4O2. The number of hydrogen-bond donors (Lipinski definition) is 1. The molecule has 1 saturated heterocycles. The fourth-order valence-corrected chi connectivity index (χ4v) is 3.11. The van der Waals surface area contributed by atoms with E-state index in [-0.39, 0.29) is 6.04 Å². The maximum Gasteiger partial charge on any atom is 0.243 e. The molecule has 1 atom stereocenters. The summed E-state index contributed by atoms with van der Waals surface area (Å²) in [6.45, 7) is 5.98. The van der Waals surface area contributed by atoms with Gasteiger partial charge in [-0.2, -0.15) is 4.98 Å². The molecule has 1 saturated carbocycles. The van der Waals surface area contributed by atoms with Gasteiger partial charge in [0.05, 0.1) is 6.04 Å². The average Bonchev–Trinajstić information content (AvgIpc) is 3.32. The molecule has 4 rings (SSSR count). The third-order valence-electron chi connectivity index (χ3n) is 4.83. The molecular weight excluding hydrogens is 292 g/mol. The summed E-state index contributed by atoms with van der Waals surface area (Å²) in [5.41, 5.74) is 1.16. The van der Waals surface area contributed by atoms with Gasteiger partial charge in [0.15, 0.2) is 5.82 Å². The second kappa shape index (κ2) is 5.85. The minimum absolute atomic E-state index is 0.164. The van der Waals surface area contributed by atoms with Crippen LogP contribution in [-0.2, 0) is 0 Å². The number of phenols is 1. The van der Waals surface area contributed by atoms with Gasteiger partial charge < -0.3 is 14.5 Å². The standard InChI is InChI=1S/C17H22N4O2/c1-12(17-18-16(19-23-17)13-2-3-13)20-8-10-21(11-9-20)14-4-6-15(22)7-5-14/h4-7,12-13,22H,2-3,8-11H2,1H3/t12-/m0/s1. The van der Waals surface area contributed by atoms with E-state index in [9.17, 15) is 5.11 Å². The van der Waals surface area contributed by atoms with E-state index in [0.29, 0.717) is 11.7 Å². The molecule has 1 aromatic heterocycles. The summed E-state index contributed by atoms with van der Waals surface area (Å²) in [7, 11) is 0. The molecule has 1 aliphatic heterocycles. The van der Waals surface area contributed by atoms with Crippen molar-refractivity contribution >= 4 is 5.69 Å². The van der Waals surface area contributed by atoms with E-state index in [1.807, 2.05) is 12.1 Å². The van der Waals surface area contributed by atoms with Crippen LogP contribution in [0, 0.1) is 0 Å². The van der Waals surface area contributed by atoms with Crippen LogP contribution in [0.15, 0.2) is 28.8 Å². The van der Waals surface area contributed by atoms with E-state index in [1.165, 1.54) is 12.8 Å². The van der Waals surface area contributed by atoms with Gasteiger partial charge in [0.25, 0.3) is 0 Å². The van der Waals surface area contributed by atoms with Crippen molar-refractivity contribution < 1.29 is 9.63 Å². The molecule has 0 spiro atoms. The predicted molar refractivity (Wildman–Crippen MR) is 86.6 cm³/mol. The fourth-order valence-electron chi connectivity index (χ4n) is 3.11. The minimum Gasteiger partial charge on any atom is -0.508 e. The molecule has 6 nitrogen and oxygen atoms in total. The predicted octanol–water partition coefficient (Wildman–Crippen LogP) is 2.54. The monoisotopic (exact) mass is 314 g/mol. The van der Waals surface area contributed by atoms with Crippen molar-refractivity contribution in [3.05, 3.63) is 36.0 Å². The van der Waals surface area contributed by atoms with Gasteiger partial charge in [-0.1, -0.05) is 5.16 Å². The lowest BCUT2D eigenvalue weighted by Gasteiger charge is -2.38. The molecule has 0 bridgehead atoms. The highest BCUT2D eigenvalue weighted by Crippen LogP contribution is 2.38. The van der Waals surface area contributed by atoms with E-state index < -0.39 is 0 Å². The molecule has 2 heterocycles. The number of hydrogen-bond acceptors (Lipinski definition) is 6. The fraction of sp³-hybridized carbons (Fsp3) is 0.529. The van der Waals surface area contributed by atoms with Crippen molar-refractivity contribution in [2.75, 3.05) is 31.1 Å². The van der Waals surface area contributed by atoms with Crippen LogP contribution < -0.4 is 4.90 Å². The topological polar surface area (TPSA) is 65.6 Å². The molecule has 0 radical (unpaired) electrons. The zero-order valence-electron chi connectivity index (χ0n) is 13.4.